The first kappa shape index (κ1) is 21.0. The number of esters is 1. The summed E-state index contributed by atoms with van der Waals surface area (Å²) in [5.74, 6) is 0.0326. The fourth-order valence-electron chi connectivity index (χ4n) is 2.88. The number of amides is 1. The highest BCUT2D eigenvalue weighted by atomic mass is 32.1. The highest BCUT2D eigenvalue weighted by molar-refractivity contribution is 7.17. The summed E-state index contributed by atoms with van der Waals surface area (Å²) in [6, 6.07) is 6.05. The first-order valence-electron chi connectivity index (χ1n) is 9.69. The van der Waals surface area contributed by atoms with E-state index in [0.29, 0.717) is 28.2 Å². The zero-order valence-electron chi connectivity index (χ0n) is 17.4. The molecule has 2 aromatic heterocycles. The van der Waals surface area contributed by atoms with Crippen molar-refractivity contribution in [1.29, 1.82) is 0 Å². The van der Waals surface area contributed by atoms with Crippen molar-refractivity contribution >= 4 is 39.3 Å². The van der Waals surface area contributed by atoms with E-state index < -0.39 is 5.97 Å². The summed E-state index contributed by atoms with van der Waals surface area (Å²) in [4.78, 5) is 29.4. The van der Waals surface area contributed by atoms with Crippen LogP contribution in [0.4, 0.5) is 5.13 Å². The van der Waals surface area contributed by atoms with Crippen molar-refractivity contribution in [3.05, 3.63) is 46.2 Å². The molecule has 6 nitrogen and oxygen atoms in total. The van der Waals surface area contributed by atoms with Gasteiger partial charge in [-0.3, -0.25) is 4.79 Å². The van der Waals surface area contributed by atoms with Crippen molar-refractivity contribution in [3.8, 4) is 0 Å². The number of anilines is 1. The van der Waals surface area contributed by atoms with Crippen LogP contribution in [0.3, 0.4) is 0 Å². The van der Waals surface area contributed by atoms with E-state index in [-0.39, 0.29) is 18.2 Å². The van der Waals surface area contributed by atoms with Gasteiger partial charge in [0.05, 0.1) is 25.0 Å². The van der Waals surface area contributed by atoms with Gasteiger partial charge < -0.3 is 14.5 Å². The normalized spacial score (nSPS) is 11.4. The minimum absolute atomic E-state index is 0.167. The molecule has 0 aliphatic heterocycles. The molecule has 0 saturated carbocycles. The molecule has 0 atom stereocenters. The van der Waals surface area contributed by atoms with Gasteiger partial charge >= 0.3 is 5.97 Å². The number of hydrogen-bond acceptors (Lipinski definition) is 6. The van der Waals surface area contributed by atoms with Crippen molar-refractivity contribution in [3.63, 3.8) is 0 Å². The van der Waals surface area contributed by atoms with Crippen LogP contribution in [0.1, 0.15) is 60.1 Å². The van der Waals surface area contributed by atoms with Crippen LogP contribution in [0.2, 0.25) is 0 Å². The van der Waals surface area contributed by atoms with E-state index in [0.717, 1.165) is 27.9 Å². The van der Waals surface area contributed by atoms with Crippen molar-refractivity contribution in [2.24, 2.45) is 5.92 Å². The van der Waals surface area contributed by atoms with E-state index in [2.05, 4.69) is 30.2 Å². The molecule has 0 fully saturated rings. The van der Waals surface area contributed by atoms with E-state index in [1.807, 2.05) is 26.0 Å². The largest absolute Gasteiger partial charge is 0.464 e. The van der Waals surface area contributed by atoms with Crippen molar-refractivity contribution in [2.45, 2.75) is 47.0 Å². The van der Waals surface area contributed by atoms with Crippen LogP contribution in [0.25, 0.3) is 11.0 Å². The van der Waals surface area contributed by atoms with Gasteiger partial charge in [0.2, 0.25) is 5.91 Å². The van der Waals surface area contributed by atoms with Gasteiger partial charge in [-0.15, -0.1) is 0 Å². The molecule has 0 aliphatic rings. The summed E-state index contributed by atoms with van der Waals surface area (Å²) in [6.45, 7) is 10.3. The molecule has 1 aromatic carbocycles. The number of fused-ring (bicyclic) bond motifs is 1. The van der Waals surface area contributed by atoms with E-state index in [1.54, 1.807) is 13.2 Å². The van der Waals surface area contributed by atoms with Gasteiger partial charge in [-0.1, -0.05) is 45.1 Å². The first-order chi connectivity index (χ1) is 13.7. The molecule has 0 aliphatic carbocycles. The van der Waals surface area contributed by atoms with Crippen LogP contribution in [0, 0.1) is 12.8 Å². The minimum atomic E-state index is -0.406. The first-order valence-corrected chi connectivity index (χ1v) is 10.5. The van der Waals surface area contributed by atoms with Gasteiger partial charge in [-0.2, -0.15) is 0 Å². The highest BCUT2D eigenvalue weighted by Crippen LogP contribution is 2.27. The molecule has 1 amide bonds. The molecule has 2 heterocycles. The van der Waals surface area contributed by atoms with Gasteiger partial charge in [0, 0.05) is 10.9 Å². The summed E-state index contributed by atoms with van der Waals surface area (Å²) >= 11 is 1.13. The number of nitrogens with one attached hydrogen (secondary N) is 1. The number of hydrogen-bond donors (Lipinski definition) is 1. The molecule has 0 saturated heterocycles. The summed E-state index contributed by atoms with van der Waals surface area (Å²) < 4.78 is 10.8. The van der Waals surface area contributed by atoms with Gasteiger partial charge in [0.15, 0.2) is 5.13 Å². The Bertz CT molecular complexity index is 1030. The summed E-state index contributed by atoms with van der Waals surface area (Å²) in [7, 11) is 0. The number of carbonyl (C=O) groups excluding carboxylic acids is 2. The molecule has 154 valence electrons. The number of benzene rings is 1. The van der Waals surface area contributed by atoms with Crippen molar-refractivity contribution < 1.29 is 18.7 Å². The molecule has 0 unspecified atom stereocenters. The molecule has 3 aromatic rings. The Hall–Kier alpha value is -2.67. The maximum Gasteiger partial charge on any atom is 0.350 e. The molecule has 0 spiro atoms. The van der Waals surface area contributed by atoms with Gasteiger partial charge in [-0.25, -0.2) is 9.78 Å². The second kappa shape index (κ2) is 8.78. The zero-order valence-corrected chi connectivity index (χ0v) is 18.2. The topological polar surface area (TPSA) is 81.4 Å². The Morgan fingerprint density at radius 2 is 2.00 bits per heavy atom. The number of carbonyl (C=O) groups is 2. The number of rotatable bonds is 7. The van der Waals surface area contributed by atoms with Crippen LogP contribution in [0.5, 0.6) is 0 Å². The average Bonchev–Trinajstić information content (AvgIpc) is 3.22. The second-order valence-electron chi connectivity index (χ2n) is 7.82. The molecule has 1 N–H and O–H groups in total. The average molecular weight is 415 g/mol. The standard InChI is InChI=1S/C22H26N2O4S/c1-12(2)10-28-21(26)20-14(5)23-22(29-20)24-19(25)9-16-11-27-18-7-6-15(13(3)4)8-17(16)18/h6-8,11-13H,9-10H2,1-5H3,(H,23,24,25). The molecule has 7 heteroatoms. The van der Waals surface area contributed by atoms with Crippen LogP contribution < -0.4 is 5.32 Å². The number of furan rings is 1. The van der Waals surface area contributed by atoms with Crippen LogP contribution in [0.15, 0.2) is 28.9 Å². The monoisotopic (exact) mass is 414 g/mol. The van der Waals surface area contributed by atoms with Gasteiger partial charge in [0.25, 0.3) is 0 Å². The quantitative estimate of drug-likeness (QED) is 0.530. The lowest BCUT2D eigenvalue weighted by molar-refractivity contribution is -0.115. The maximum atomic E-state index is 12.5. The van der Waals surface area contributed by atoms with E-state index in [9.17, 15) is 9.59 Å². The lowest BCUT2D eigenvalue weighted by atomic mass is 10.00. The van der Waals surface area contributed by atoms with Gasteiger partial charge in [-0.05, 0) is 36.5 Å². The molecule has 29 heavy (non-hydrogen) atoms. The number of ether oxygens (including phenoxy) is 1. The maximum absolute atomic E-state index is 12.5. The zero-order chi connectivity index (χ0) is 21.1. The number of thiazole rings is 1. The Kier molecular flexibility index (Phi) is 6.37. The van der Waals surface area contributed by atoms with E-state index in [4.69, 9.17) is 9.15 Å². The lowest BCUT2D eigenvalue weighted by Crippen LogP contribution is -2.14. The SMILES string of the molecule is Cc1nc(NC(=O)Cc2coc3ccc(C(C)C)cc23)sc1C(=O)OCC(C)C. The highest BCUT2D eigenvalue weighted by Gasteiger charge is 2.19. The lowest BCUT2D eigenvalue weighted by Gasteiger charge is -2.05. The van der Waals surface area contributed by atoms with Crippen molar-refractivity contribution in [2.75, 3.05) is 11.9 Å². The summed E-state index contributed by atoms with van der Waals surface area (Å²) in [5, 5.41) is 4.11. The third-order valence-electron chi connectivity index (χ3n) is 4.47. The molecular weight excluding hydrogens is 388 g/mol. The number of aromatic nitrogens is 1. The Balaban J connectivity index is 1.70. The number of nitrogens with zero attached hydrogens (tertiary/aromatic N) is 1. The van der Waals surface area contributed by atoms with E-state index >= 15 is 0 Å². The summed E-state index contributed by atoms with van der Waals surface area (Å²) in [6.07, 6.45) is 1.79. The number of aryl methyl sites for hydroxylation is 1. The predicted octanol–water partition coefficient (Wildman–Crippen LogP) is 5.32. The van der Waals surface area contributed by atoms with Crippen LogP contribution in [-0.4, -0.2) is 23.5 Å². The predicted molar refractivity (Wildman–Crippen MR) is 115 cm³/mol. The Morgan fingerprint density at radius 1 is 1.24 bits per heavy atom. The van der Waals surface area contributed by atoms with E-state index in [1.165, 1.54) is 5.56 Å². The Morgan fingerprint density at radius 3 is 2.69 bits per heavy atom. The molecule has 0 bridgehead atoms. The molecular formula is C22H26N2O4S. The molecule has 3 rings (SSSR count). The fraction of sp³-hybridized carbons (Fsp3) is 0.409. The third-order valence-corrected chi connectivity index (χ3v) is 5.52. The van der Waals surface area contributed by atoms with Crippen LogP contribution in [-0.2, 0) is 16.0 Å². The molecule has 0 radical (unpaired) electrons. The third kappa shape index (κ3) is 5.03. The summed E-state index contributed by atoms with van der Waals surface area (Å²) in [5.41, 5.74) is 3.33. The van der Waals surface area contributed by atoms with Crippen LogP contribution >= 0.6 is 11.3 Å². The van der Waals surface area contributed by atoms with Crippen molar-refractivity contribution in [1.82, 2.24) is 4.98 Å². The Labute approximate surface area is 174 Å². The minimum Gasteiger partial charge on any atom is -0.464 e. The van der Waals surface area contributed by atoms with Gasteiger partial charge in [0.1, 0.15) is 10.5 Å². The second-order valence-corrected chi connectivity index (χ2v) is 8.82. The fourth-order valence-corrected chi connectivity index (χ4v) is 3.76. The smallest absolute Gasteiger partial charge is 0.350 e.